The van der Waals surface area contributed by atoms with Crippen molar-refractivity contribution >= 4 is 17.7 Å². The summed E-state index contributed by atoms with van der Waals surface area (Å²) in [6.45, 7) is 1.70. The van der Waals surface area contributed by atoms with Crippen LogP contribution < -0.4 is 5.32 Å². The first-order valence-electron chi connectivity index (χ1n) is 3.88. The molecule has 0 aliphatic carbocycles. The average Bonchev–Trinajstić information content (AvgIpc) is 2.37. The summed E-state index contributed by atoms with van der Waals surface area (Å²) < 4.78 is 0. The van der Waals surface area contributed by atoms with E-state index in [1.165, 1.54) is 0 Å². The Morgan fingerprint density at radius 3 is 3.00 bits per heavy atom. The van der Waals surface area contributed by atoms with Gasteiger partial charge in [-0.1, -0.05) is 0 Å². The smallest absolute Gasteiger partial charge is 0.321 e. The van der Waals surface area contributed by atoms with E-state index in [2.05, 4.69) is 10.2 Å². The molecule has 0 radical (unpaired) electrons. The molecule has 3 rings (SSSR count). The van der Waals surface area contributed by atoms with E-state index >= 15 is 0 Å². The molecule has 66 valence electrons. The summed E-state index contributed by atoms with van der Waals surface area (Å²) in [7, 11) is 0. The van der Waals surface area contributed by atoms with Gasteiger partial charge in [0.2, 0.25) is 0 Å². The fraction of sp³-hybridized carbons (Fsp3) is 0.833. The van der Waals surface area contributed by atoms with Crippen molar-refractivity contribution < 1.29 is 9.90 Å². The largest absolute Gasteiger partial charge is 0.480 e. The van der Waals surface area contributed by atoms with Crippen LogP contribution in [0.25, 0.3) is 0 Å². The minimum absolute atomic E-state index is 0.122. The fourth-order valence-corrected chi connectivity index (χ4v) is 3.52. The van der Waals surface area contributed by atoms with Crippen LogP contribution in [0, 0.1) is 0 Å². The Morgan fingerprint density at radius 2 is 2.58 bits per heavy atom. The van der Waals surface area contributed by atoms with Crippen molar-refractivity contribution in [2.24, 2.45) is 0 Å². The Hall–Kier alpha value is -0.300. The lowest BCUT2D eigenvalue weighted by Gasteiger charge is -2.64. The molecule has 2 N–H and O–H groups in total. The molecule has 0 aromatic rings. The Morgan fingerprint density at radius 1 is 1.75 bits per heavy atom. The maximum absolute atomic E-state index is 10.8. The van der Waals surface area contributed by atoms with E-state index in [0.29, 0.717) is 5.75 Å². The van der Waals surface area contributed by atoms with E-state index in [1.807, 2.05) is 4.90 Å². The number of nitrogens with zero attached hydrogens (tertiary/aromatic N) is 2. The first kappa shape index (κ1) is 7.14. The normalized spacial score (nSPS) is 45.8. The second kappa shape index (κ2) is 1.95. The van der Waals surface area contributed by atoms with Crippen LogP contribution in [0.4, 0.5) is 0 Å². The van der Waals surface area contributed by atoms with Crippen LogP contribution in [0.1, 0.15) is 0 Å². The molecule has 5 nitrogen and oxygen atoms in total. The Balaban J connectivity index is 1.85. The van der Waals surface area contributed by atoms with Crippen LogP contribution in [0.5, 0.6) is 0 Å². The van der Waals surface area contributed by atoms with Crippen molar-refractivity contribution in [2.75, 3.05) is 19.1 Å². The number of carbonyl (C=O) groups is 1. The minimum atomic E-state index is -0.701. The lowest BCUT2D eigenvalue weighted by Crippen LogP contribution is -2.87. The number of carboxylic acid groups (broad SMARTS) is 1. The Bertz CT molecular complexity index is 261. The molecule has 3 heterocycles. The molecule has 3 aliphatic heterocycles. The molecular weight excluding hydrogens is 178 g/mol. The van der Waals surface area contributed by atoms with Gasteiger partial charge in [-0.15, -0.1) is 11.8 Å². The zero-order valence-electron chi connectivity index (χ0n) is 6.36. The third-order valence-electron chi connectivity index (χ3n) is 2.74. The highest BCUT2D eigenvalue weighted by atomic mass is 32.2. The monoisotopic (exact) mass is 187 g/mol. The molecule has 6 heteroatoms. The van der Waals surface area contributed by atoms with E-state index in [0.717, 1.165) is 13.3 Å². The maximum Gasteiger partial charge on any atom is 0.321 e. The van der Waals surface area contributed by atoms with E-state index < -0.39 is 5.97 Å². The quantitative estimate of drug-likeness (QED) is 0.545. The molecule has 0 saturated carbocycles. The van der Waals surface area contributed by atoms with Gasteiger partial charge in [0.15, 0.2) is 5.12 Å². The van der Waals surface area contributed by atoms with Gasteiger partial charge >= 0.3 is 5.97 Å². The van der Waals surface area contributed by atoms with Crippen LogP contribution >= 0.6 is 11.8 Å². The summed E-state index contributed by atoms with van der Waals surface area (Å²) in [6.07, 6.45) is 0. The molecule has 3 aliphatic rings. The summed E-state index contributed by atoms with van der Waals surface area (Å²) in [6, 6.07) is -0.293. The second-order valence-electron chi connectivity index (χ2n) is 3.26. The van der Waals surface area contributed by atoms with Crippen molar-refractivity contribution in [2.45, 2.75) is 11.2 Å². The van der Waals surface area contributed by atoms with E-state index in [4.69, 9.17) is 5.11 Å². The molecule has 1 spiro atoms. The number of nitrogens with one attached hydrogen (secondary N) is 1. The third-order valence-corrected chi connectivity index (χ3v) is 4.27. The van der Waals surface area contributed by atoms with Gasteiger partial charge in [0.25, 0.3) is 0 Å². The summed E-state index contributed by atoms with van der Waals surface area (Å²) in [5.74, 6) is -0.00789. The molecule has 0 aromatic heterocycles. The second-order valence-corrected chi connectivity index (χ2v) is 4.45. The van der Waals surface area contributed by atoms with Gasteiger partial charge in [-0.2, -0.15) is 0 Å². The predicted molar refractivity (Wildman–Crippen MR) is 43.2 cm³/mol. The van der Waals surface area contributed by atoms with Crippen molar-refractivity contribution in [3.8, 4) is 0 Å². The summed E-state index contributed by atoms with van der Waals surface area (Å²) in [4.78, 5) is 15.0. The molecule has 0 amide bonds. The molecule has 2 atom stereocenters. The highest BCUT2D eigenvalue weighted by Gasteiger charge is 2.65. The van der Waals surface area contributed by atoms with Crippen molar-refractivity contribution in [3.63, 3.8) is 0 Å². The molecule has 0 bridgehead atoms. The fourth-order valence-electron chi connectivity index (χ4n) is 1.98. The minimum Gasteiger partial charge on any atom is -0.480 e. The van der Waals surface area contributed by atoms with Crippen molar-refractivity contribution in [1.82, 2.24) is 15.1 Å². The first-order valence-corrected chi connectivity index (χ1v) is 4.86. The predicted octanol–water partition coefficient (Wildman–Crippen LogP) is -1.07. The number of hydrogen-bond acceptors (Lipinski definition) is 5. The van der Waals surface area contributed by atoms with Crippen molar-refractivity contribution in [3.05, 3.63) is 0 Å². The number of rotatable bonds is 1. The van der Waals surface area contributed by atoms with Gasteiger partial charge in [-0.25, -0.2) is 9.80 Å². The van der Waals surface area contributed by atoms with E-state index in [1.54, 1.807) is 11.8 Å². The molecular formula is C6H9N3O2S. The summed E-state index contributed by atoms with van der Waals surface area (Å²) >= 11 is 1.69. The number of hydrogen-bond donors (Lipinski definition) is 2. The van der Waals surface area contributed by atoms with Crippen LogP contribution in [0.2, 0.25) is 0 Å². The standard InChI is InChI=1S/C6H9N3O2S/c10-5(11)4-1-12-6-7-2-8(6)3-9(4)6/h4,7H,1-3H2,(H,10,11). The van der Waals surface area contributed by atoms with Gasteiger partial charge in [0.1, 0.15) is 6.04 Å². The van der Waals surface area contributed by atoms with Crippen LogP contribution in [0.3, 0.4) is 0 Å². The lowest BCUT2D eigenvalue weighted by molar-refractivity contribution is -0.233. The summed E-state index contributed by atoms with van der Waals surface area (Å²) in [5.41, 5.74) is 0. The molecule has 12 heavy (non-hydrogen) atoms. The molecule has 2 unspecified atom stereocenters. The van der Waals surface area contributed by atoms with Crippen LogP contribution in [0.15, 0.2) is 0 Å². The average molecular weight is 187 g/mol. The molecule has 0 aromatic carbocycles. The topological polar surface area (TPSA) is 55.8 Å². The van der Waals surface area contributed by atoms with Crippen LogP contribution in [-0.4, -0.2) is 51.1 Å². The Kier molecular flexibility index (Phi) is 1.16. The first-order chi connectivity index (χ1) is 5.74. The van der Waals surface area contributed by atoms with Gasteiger partial charge in [0, 0.05) is 5.75 Å². The third kappa shape index (κ3) is 0.576. The van der Waals surface area contributed by atoms with E-state index in [-0.39, 0.29) is 11.2 Å². The van der Waals surface area contributed by atoms with E-state index in [9.17, 15) is 4.79 Å². The highest BCUT2D eigenvalue weighted by Crippen LogP contribution is 2.50. The Labute approximate surface area is 73.7 Å². The van der Waals surface area contributed by atoms with Gasteiger partial charge in [0.05, 0.1) is 13.3 Å². The SMILES string of the molecule is O=C(O)C1CSC23NCN2CN13. The van der Waals surface area contributed by atoms with Gasteiger partial charge in [-0.3, -0.25) is 10.1 Å². The molecule has 3 saturated heterocycles. The van der Waals surface area contributed by atoms with Crippen LogP contribution in [-0.2, 0) is 4.79 Å². The zero-order valence-corrected chi connectivity index (χ0v) is 7.17. The highest BCUT2D eigenvalue weighted by molar-refractivity contribution is 8.00. The zero-order chi connectivity index (χ0) is 8.34. The van der Waals surface area contributed by atoms with Gasteiger partial charge in [-0.05, 0) is 0 Å². The van der Waals surface area contributed by atoms with Crippen molar-refractivity contribution in [1.29, 1.82) is 0 Å². The number of thioether (sulfide) groups is 1. The number of aliphatic carboxylic acids is 1. The number of carboxylic acids is 1. The lowest BCUT2D eigenvalue weighted by atomic mass is 10.2. The molecule has 3 fully saturated rings. The maximum atomic E-state index is 10.8. The van der Waals surface area contributed by atoms with Gasteiger partial charge < -0.3 is 5.11 Å². The summed E-state index contributed by atoms with van der Waals surface area (Å²) in [5, 5.41) is 12.0.